The Labute approximate surface area is 300 Å². The van der Waals surface area contributed by atoms with Crippen LogP contribution in [0.5, 0.6) is 0 Å². The first kappa shape index (κ1) is 30.0. The second-order valence-electron chi connectivity index (χ2n) is 13.1. The summed E-state index contributed by atoms with van der Waals surface area (Å²) in [5.41, 5.74) is 11.4. The molecule has 10 rings (SSSR count). The molecule has 0 unspecified atom stereocenters. The zero-order valence-electron chi connectivity index (χ0n) is 28.2. The monoisotopic (exact) mass is 669 g/mol. The number of halogens is 1. The average molecular weight is 670 g/mol. The Morgan fingerprint density at radius 2 is 0.827 bits per heavy atom. The van der Waals surface area contributed by atoms with E-state index in [0.717, 1.165) is 66.7 Å². The zero-order valence-corrected chi connectivity index (χ0v) is 28.2. The highest BCUT2D eigenvalue weighted by Gasteiger charge is 2.18. The molecule has 0 radical (unpaired) electrons. The van der Waals surface area contributed by atoms with Gasteiger partial charge in [0.15, 0.2) is 0 Å². The van der Waals surface area contributed by atoms with Crippen LogP contribution < -0.4 is 4.90 Å². The van der Waals surface area contributed by atoms with E-state index in [-0.39, 0.29) is 5.82 Å². The van der Waals surface area contributed by atoms with Crippen LogP contribution in [-0.2, 0) is 0 Å². The van der Waals surface area contributed by atoms with Crippen molar-refractivity contribution in [2.24, 2.45) is 0 Å². The third kappa shape index (κ3) is 4.80. The molecule has 4 heteroatoms. The standard InChI is InChI=1S/C48H32FN3/c49-43-22-9-12-25-48(43)52-45-24-11-8-21-40(45)42-31-34(27-29-47(42)52)33-26-28-46-41(30-33)39-20-7-10-23-44(39)51(46)38-19-13-18-37(32-38)50(35-14-3-1-4-15-35)36-16-5-2-6-17-36/h1-32H. The van der Waals surface area contributed by atoms with Crippen molar-refractivity contribution in [1.29, 1.82) is 0 Å². The molecular formula is C48H32FN3. The molecule has 0 aliphatic heterocycles. The van der Waals surface area contributed by atoms with Gasteiger partial charge in [0.05, 0.1) is 27.8 Å². The van der Waals surface area contributed by atoms with E-state index in [1.807, 2.05) is 22.8 Å². The normalized spacial score (nSPS) is 11.6. The largest absolute Gasteiger partial charge is 0.310 e. The maximum Gasteiger partial charge on any atom is 0.147 e. The summed E-state index contributed by atoms with van der Waals surface area (Å²) < 4.78 is 19.6. The summed E-state index contributed by atoms with van der Waals surface area (Å²) in [6.07, 6.45) is 0. The Kier molecular flexibility index (Phi) is 7.00. The average Bonchev–Trinajstić information content (AvgIpc) is 3.71. The molecule has 2 aromatic heterocycles. The predicted octanol–water partition coefficient (Wildman–Crippen LogP) is 13.2. The van der Waals surface area contributed by atoms with Crippen LogP contribution in [0, 0.1) is 5.82 Å². The minimum absolute atomic E-state index is 0.241. The molecule has 2 heterocycles. The van der Waals surface area contributed by atoms with Crippen molar-refractivity contribution in [1.82, 2.24) is 9.13 Å². The molecule has 0 spiro atoms. The van der Waals surface area contributed by atoms with Crippen LogP contribution in [0.25, 0.3) is 66.1 Å². The zero-order chi connectivity index (χ0) is 34.6. The molecule has 3 nitrogen and oxygen atoms in total. The second kappa shape index (κ2) is 12.1. The van der Waals surface area contributed by atoms with Crippen LogP contribution in [-0.4, -0.2) is 9.13 Å². The molecule has 0 N–H and O–H groups in total. The van der Waals surface area contributed by atoms with E-state index in [1.54, 1.807) is 6.07 Å². The van der Waals surface area contributed by atoms with Gasteiger partial charge in [-0.25, -0.2) is 4.39 Å². The van der Waals surface area contributed by atoms with E-state index in [0.29, 0.717) is 5.69 Å². The van der Waals surface area contributed by atoms with Crippen molar-refractivity contribution in [2.75, 3.05) is 4.90 Å². The van der Waals surface area contributed by atoms with Crippen molar-refractivity contribution in [3.63, 3.8) is 0 Å². The molecule has 0 atom stereocenters. The molecule has 10 aromatic rings. The molecule has 0 aliphatic carbocycles. The quantitative estimate of drug-likeness (QED) is 0.172. The number of hydrogen-bond donors (Lipinski definition) is 0. The maximum absolute atomic E-state index is 15.1. The minimum Gasteiger partial charge on any atom is -0.310 e. The fraction of sp³-hybridized carbons (Fsp3) is 0. The minimum atomic E-state index is -0.241. The van der Waals surface area contributed by atoms with Gasteiger partial charge >= 0.3 is 0 Å². The fourth-order valence-corrected chi connectivity index (χ4v) is 7.85. The van der Waals surface area contributed by atoms with Crippen molar-refractivity contribution in [3.8, 4) is 22.5 Å². The summed E-state index contributed by atoms with van der Waals surface area (Å²) in [6.45, 7) is 0. The Morgan fingerprint density at radius 1 is 0.346 bits per heavy atom. The lowest BCUT2D eigenvalue weighted by Gasteiger charge is -2.26. The maximum atomic E-state index is 15.1. The molecular weight excluding hydrogens is 638 g/mol. The van der Waals surface area contributed by atoms with Gasteiger partial charge in [0.25, 0.3) is 0 Å². The topological polar surface area (TPSA) is 13.1 Å². The van der Waals surface area contributed by atoms with E-state index in [9.17, 15) is 0 Å². The molecule has 0 saturated heterocycles. The lowest BCUT2D eigenvalue weighted by Crippen LogP contribution is -2.10. The Bertz CT molecular complexity index is 2880. The number of aromatic nitrogens is 2. The second-order valence-corrected chi connectivity index (χ2v) is 13.1. The van der Waals surface area contributed by atoms with Crippen LogP contribution in [0.15, 0.2) is 194 Å². The van der Waals surface area contributed by atoms with Crippen molar-refractivity contribution in [2.45, 2.75) is 0 Å². The third-order valence-corrected chi connectivity index (χ3v) is 10.1. The number of nitrogens with zero attached hydrogens (tertiary/aromatic N) is 3. The smallest absolute Gasteiger partial charge is 0.147 e. The molecule has 0 amide bonds. The van der Waals surface area contributed by atoms with Gasteiger partial charge in [-0.3, -0.25) is 0 Å². The Morgan fingerprint density at radius 3 is 1.44 bits per heavy atom. The highest BCUT2D eigenvalue weighted by Crippen LogP contribution is 2.40. The first-order chi connectivity index (χ1) is 25.7. The highest BCUT2D eigenvalue weighted by molar-refractivity contribution is 6.12. The fourth-order valence-electron chi connectivity index (χ4n) is 7.85. The van der Waals surface area contributed by atoms with Crippen LogP contribution in [0.2, 0.25) is 0 Å². The van der Waals surface area contributed by atoms with E-state index >= 15 is 4.39 Å². The van der Waals surface area contributed by atoms with Crippen molar-refractivity contribution in [3.05, 3.63) is 200 Å². The lowest BCUT2D eigenvalue weighted by molar-refractivity contribution is 0.621. The van der Waals surface area contributed by atoms with E-state index in [2.05, 4.69) is 173 Å². The Hall–Kier alpha value is -6.91. The van der Waals surface area contributed by atoms with Crippen molar-refractivity contribution >= 4 is 60.7 Å². The summed E-state index contributed by atoms with van der Waals surface area (Å²) in [5, 5.41) is 4.58. The first-order valence-corrected chi connectivity index (χ1v) is 17.6. The third-order valence-electron chi connectivity index (χ3n) is 10.1. The summed E-state index contributed by atoms with van der Waals surface area (Å²) in [4.78, 5) is 2.30. The highest BCUT2D eigenvalue weighted by atomic mass is 19.1. The van der Waals surface area contributed by atoms with Gasteiger partial charge in [-0.2, -0.15) is 0 Å². The van der Waals surface area contributed by atoms with Gasteiger partial charge in [-0.05, 0) is 102 Å². The molecule has 0 bridgehead atoms. The van der Waals surface area contributed by atoms with E-state index in [1.165, 1.54) is 16.8 Å². The summed E-state index contributed by atoms with van der Waals surface area (Å²) in [7, 11) is 0. The molecule has 0 saturated carbocycles. The Balaban J connectivity index is 1.13. The van der Waals surface area contributed by atoms with Crippen LogP contribution in [0.4, 0.5) is 21.5 Å². The van der Waals surface area contributed by atoms with Gasteiger partial charge < -0.3 is 14.0 Å². The number of fused-ring (bicyclic) bond motifs is 6. The predicted molar refractivity (Wildman–Crippen MR) is 215 cm³/mol. The summed E-state index contributed by atoms with van der Waals surface area (Å²) in [6, 6.07) is 67.0. The van der Waals surface area contributed by atoms with Crippen LogP contribution >= 0.6 is 0 Å². The molecule has 246 valence electrons. The summed E-state index contributed by atoms with van der Waals surface area (Å²) >= 11 is 0. The molecule has 8 aromatic carbocycles. The SMILES string of the molecule is Fc1ccccc1-n1c2ccccc2c2cc(-c3ccc4c(c3)c3ccccc3n4-c3cccc(N(c4ccccc4)c4ccccc4)c3)ccc21. The number of para-hydroxylation sites is 5. The number of rotatable bonds is 6. The lowest BCUT2D eigenvalue weighted by atomic mass is 10.0. The van der Waals surface area contributed by atoms with E-state index < -0.39 is 0 Å². The van der Waals surface area contributed by atoms with Gasteiger partial charge in [0.2, 0.25) is 0 Å². The van der Waals surface area contributed by atoms with E-state index in [4.69, 9.17) is 0 Å². The molecule has 52 heavy (non-hydrogen) atoms. The first-order valence-electron chi connectivity index (χ1n) is 17.6. The van der Waals surface area contributed by atoms with Crippen LogP contribution in [0.1, 0.15) is 0 Å². The van der Waals surface area contributed by atoms with Crippen LogP contribution in [0.3, 0.4) is 0 Å². The van der Waals surface area contributed by atoms with Gasteiger partial charge in [-0.15, -0.1) is 0 Å². The summed E-state index contributed by atoms with van der Waals surface area (Å²) in [5.74, 6) is -0.241. The molecule has 0 aliphatic rings. The van der Waals surface area contributed by atoms with Crippen molar-refractivity contribution < 1.29 is 4.39 Å². The van der Waals surface area contributed by atoms with Gasteiger partial charge in [-0.1, -0.05) is 103 Å². The molecule has 0 fully saturated rings. The van der Waals surface area contributed by atoms with Gasteiger partial charge in [0.1, 0.15) is 5.82 Å². The number of hydrogen-bond acceptors (Lipinski definition) is 1. The number of benzene rings is 8. The number of anilines is 3. The van der Waals surface area contributed by atoms with Gasteiger partial charge in [0, 0.05) is 44.3 Å².